The normalized spacial score (nSPS) is 11.1. The number of hydrogen-bond acceptors (Lipinski definition) is 4. The fourth-order valence-electron chi connectivity index (χ4n) is 3.32. The third kappa shape index (κ3) is 4.41. The first-order valence-corrected chi connectivity index (χ1v) is 9.97. The van der Waals surface area contributed by atoms with Gasteiger partial charge in [0.2, 0.25) is 0 Å². The van der Waals surface area contributed by atoms with Gasteiger partial charge in [-0.05, 0) is 30.2 Å². The summed E-state index contributed by atoms with van der Waals surface area (Å²) in [6, 6.07) is 21.5. The van der Waals surface area contributed by atoms with Gasteiger partial charge in [0.1, 0.15) is 0 Å². The maximum Gasteiger partial charge on any atom is 0.272 e. The van der Waals surface area contributed by atoms with Crippen LogP contribution in [0.2, 0.25) is 0 Å². The van der Waals surface area contributed by atoms with Gasteiger partial charge in [-0.15, -0.1) is 0 Å². The zero-order valence-corrected chi connectivity index (χ0v) is 16.7. The van der Waals surface area contributed by atoms with Gasteiger partial charge in [-0.2, -0.15) is 5.10 Å². The summed E-state index contributed by atoms with van der Waals surface area (Å²) >= 11 is 0. The van der Waals surface area contributed by atoms with Crippen LogP contribution in [0.3, 0.4) is 0 Å². The van der Waals surface area contributed by atoms with Crippen LogP contribution in [-0.2, 0) is 6.42 Å². The molecule has 30 heavy (non-hydrogen) atoms. The second kappa shape index (κ2) is 9.09. The van der Waals surface area contributed by atoms with Gasteiger partial charge in [-0.25, -0.2) is 10.4 Å². The Morgan fingerprint density at radius 2 is 1.90 bits per heavy atom. The molecule has 4 rings (SSSR count). The predicted molar refractivity (Wildman–Crippen MR) is 120 cm³/mol. The highest BCUT2D eigenvalue weighted by Gasteiger charge is 2.13. The van der Waals surface area contributed by atoms with Gasteiger partial charge in [0.15, 0.2) is 0 Å². The molecule has 148 valence electrons. The van der Waals surface area contributed by atoms with Crippen LogP contribution in [0.15, 0.2) is 84.2 Å². The zero-order chi connectivity index (χ0) is 20.8. The van der Waals surface area contributed by atoms with E-state index in [4.69, 9.17) is 4.98 Å². The van der Waals surface area contributed by atoms with Gasteiger partial charge in [-0.3, -0.25) is 9.78 Å². The summed E-state index contributed by atoms with van der Waals surface area (Å²) in [5.41, 5.74) is 7.78. The highest BCUT2D eigenvalue weighted by atomic mass is 16.2. The quantitative estimate of drug-likeness (QED) is 0.369. The number of para-hydroxylation sites is 1. The van der Waals surface area contributed by atoms with Crippen molar-refractivity contribution in [2.24, 2.45) is 5.10 Å². The van der Waals surface area contributed by atoms with E-state index >= 15 is 0 Å². The minimum Gasteiger partial charge on any atom is -0.267 e. The maximum absolute atomic E-state index is 12.9. The van der Waals surface area contributed by atoms with Crippen molar-refractivity contribution in [3.05, 3.63) is 95.8 Å². The number of carbonyl (C=O) groups excluding carboxylic acids is 1. The van der Waals surface area contributed by atoms with E-state index < -0.39 is 0 Å². The van der Waals surface area contributed by atoms with Crippen molar-refractivity contribution in [3.8, 4) is 11.3 Å². The third-order valence-corrected chi connectivity index (χ3v) is 4.81. The Kier molecular flexibility index (Phi) is 5.90. The highest BCUT2D eigenvalue weighted by Crippen LogP contribution is 2.25. The SMILES string of the molecule is CCCc1ccc(-c2cc(C(=O)NN=Cc3cccnc3)c3ccccc3n2)cc1. The van der Waals surface area contributed by atoms with Crippen LogP contribution in [0.4, 0.5) is 0 Å². The second-order valence-electron chi connectivity index (χ2n) is 7.00. The van der Waals surface area contributed by atoms with Crippen molar-refractivity contribution in [2.45, 2.75) is 19.8 Å². The van der Waals surface area contributed by atoms with Crippen molar-refractivity contribution < 1.29 is 4.79 Å². The number of rotatable bonds is 6. The Bertz CT molecular complexity index is 1180. The molecule has 0 spiro atoms. The van der Waals surface area contributed by atoms with Crippen molar-refractivity contribution in [3.63, 3.8) is 0 Å². The lowest BCUT2D eigenvalue weighted by Crippen LogP contribution is -2.18. The Hall–Kier alpha value is -3.86. The van der Waals surface area contributed by atoms with E-state index in [0.29, 0.717) is 5.56 Å². The first kappa shape index (κ1) is 19.5. The summed E-state index contributed by atoms with van der Waals surface area (Å²) in [4.78, 5) is 21.7. The average molecular weight is 394 g/mol. The minimum absolute atomic E-state index is 0.280. The van der Waals surface area contributed by atoms with Crippen molar-refractivity contribution in [1.29, 1.82) is 0 Å². The largest absolute Gasteiger partial charge is 0.272 e. The lowest BCUT2D eigenvalue weighted by molar-refractivity contribution is 0.0956. The molecule has 0 fully saturated rings. The molecule has 1 amide bonds. The smallest absolute Gasteiger partial charge is 0.267 e. The summed E-state index contributed by atoms with van der Waals surface area (Å²) in [6.07, 6.45) is 7.10. The van der Waals surface area contributed by atoms with E-state index in [9.17, 15) is 4.79 Å². The second-order valence-corrected chi connectivity index (χ2v) is 7.00. The molecule has 2 aromatic carbocycles. The van der Waals surface area contributed by atoms with E-state index in [1.165, 1.54) is 5.56 Å². The van der Waals surface area contributed by atoms with Crippen LogP contribution >= 0.6 is 0 Å². The summed E-state index contributed by atoms with van der Waals surface area (Å²) in [6.45, 7) is 2.17. The third-order valence-electron chi connectivity index (χ3n) is 4.81. The topological polar surface area (TPSA) is 67.2 Å². The molecule has 5 nitrogen and oxygen atoms in total. The van der Waals surface area contributed by atoms with Crippen LogP contribution in [-0.4, -0.2) is 22.1 Å². The first-order chi connectivity index (χ1) is 14.7. The van der Waals surface area contributed by atoms with Crippen LogP contribution in [0.5, 0.6) is 0 Å². The summed E-state index contributed by atoms with van der Waals surface area (Å²) in [7, 11) is 0. The molecular weight excluding hydrogens is 372 g/mol. The van der Waals surface area contributed by atoms with Crippen molar-refractivity contribution >= 4 is 23.0 Å². The molecule has 1 N–H and O–H groups in total. The fraction of sp³-hybridized carbons (Fsp3) is 0.120. The Labute approximate surface area is 175 Å². The first-order valence-electron chi connectivity index (χ1n) is 9.97. The Morgan fingerprint density at radius 1 is 1.07 bits per heavy atom. The van der Waals surface area contributed by atoms with Crippen LogP contribution < -0.4 is 5.43 Å². The van der Waals surface area contributed by atoms with Crippen LogP contribution in [0.1, 0.15) is 34.8 Å². The van der Waals surface area contributed by atoms with E-state index in [-0.39, 0.29) is 5.91 Å². The number of hydrazone groups is 1. The molecule has 0 bridgehead atoms. The molecule has 2 heterocycles. The van der Waals surface area contributed by atoms with Gasteiger partial charge in [-0.1, -0.05) is 61.9 Å². The molecule has 4 aromatic rings. The zero-order valence-electron chi connectivity index (χ0n) is 16.7. The molecule has 0 radical (unpaired) electrons. The van der Waals surface area contributed by atoms with Gasteiger partial charge in [0, 0.05) is 28.9 Å². The van der Waals surface area contributed by atoms with Crippen LogP contribution in [0.25, 0.3) is 22.2 Å². The molecule has 0 aliphatic heterocycles. The number of carbonyl (C=O) groups is 1. The van der Waals surface area contributed by atoms with Crippen molar-refractivity contribution in [2.75, 3.05) is 0 Å². The molecule has 0 saturated carbocycles. The van der Waals surface area contributed by atoms with Crippen molar-refractivity contribution in [1.82, 2.24) is 15.4 Å². The fourth-order valence-corrected chi connectivity index (χ4v) is 3.32. The summed E-state index contributed by atoms with van der Waals surface area (Å²) in [5, 5.41) is 4.86. The molecule has 0 aliphatic rings. The standard InChI is InChI=1S/C25H22N4O/c1-2-6-18-10-12-20(13-11-18)24-15-22(21-8-3-4-9-23(21)28-24)25(30)29-27-17-19-7-5-14-26-16-19/h3-5,7-17H,2,6H2,1H3,(H,29,30). The molecule has 5 heteroatoms. The van der Waals surface area contributed by atoms with Crippen LogP contribution in [0, 0.1) is 0 Å². The number of nitrogens with zero attached hydrogens (tertiary/aromatic N) is 3. The lowest BCUT2D eigenvalue weighted by atomic mass is 10.0. The number of amides is 1. The van der Waals surface area contributed by atoms with Gasteiger partial charge >= 0.3 is 0 Å². The minimum atomic E-state index is -0.280. The average Bonchev–Trinajstić information content (AvgIpc) is 2.80. The number of aryl methyl sites for hydroxylation is 1. The molecule has 2 aromatic heterocycles. The number of fused-ring (bicyclic) bond motifs is 1. The monoisotopic (exact) mass is 394 g/mol. The predicted octanol–water partition coefficient (Wildman–Crippen LogP) is 5.01. The highest BCUT2D eigenvalue weighted by molar-refractivity contribution is 6.07. The molecule has 0 atom stereocenters. The van der Waals surface area contributed by atoms with E-state index in [0.717, 1.165) is 40.6 Å². The number of hydrogen-bond donors (Lipinski definition) is 1. The molecule has 0 saturated heterocycles. The number of pyridine rings is 2. The lowest BCUT2D eigenvalue weighted by Gasteiger charge is -2.09. The Morgan fingerprint density at radius 3 is 2.67 bits per heavy atom. The maximum atomic E-state index is 12.9. The number of aromatic nitrogens is 2. The number of nitrogens with one attached hydrogen (secondary N) is 1. The summed E-state index contributed by atoms with van der Waals surface area (Å²) < 4.78 is 0. The van der Waals surface area contributed by atoms with E-state index in [2.05, 4.69) is 46.7 Å². The van der Waals surface area contributed by atoms with Gasteiger partial charge in [0.25, 0.3) is 5.91 Å². The number of benzene rings is 2. The van der Waals surface area contributed by atoms with E-state index in [1.54, 1.807) is 18.6 Å². The van der Waals surface area contributed by atoms with E-state index in [1.807, 2.05) is 42.5 Å². The van der Waals surface area contributed by atoms with Gasteiger partial charge in [0.05, 0.1) is 23.0 Å². The summed E-state index contributed by atoms with van der Waals surface area (Å²) in [5.74, 6) is -0.280. The molecule has 0 aliphatic carbocycles. The van der Waals surface area contributed by atoms with Gasteiger partial charge < -0.3 is 0 Å². The molecule has 0 unspecified atom stereocenters. The Balaban J connectivity index is 1.66. The molecular formula is C25H22N4O.